The van der Waals surface area contributed by atoms with Crippen LogP contribution in [0, 0.1) is 5.92 Å². The first-order valence-corrected chi connectivity index (χ1v) is 9.21. The predicted molar refractivity (Wildman–Crippen MR) is 109 cm³/mol. The molecule has 1 unspecified atom stereocenters. The van der Waals surface area contributed by atoms with Gasteiger partial charge in [0.2, 0.25) is 5.91 Å². The van der Waals surface area contributed by atoms with Crippen molar-refractivity contribution in [2.75, 3.05) is 18.4 Å². The maximum Gasteiger partial charge on any atom is 0.319 e. The van der Waals surface area contributed by atoms with Gasteiger partial charge in [0.05, 0.1) is 0 Å². The Labute approximate surface area is 164 Å². The van der Waals surface area contributed by atoms with Crippen LogP contribution in [0.15, 0.2) is 60.7 Å². The molecule has 0 aliphatic carbocycles. The topological polar surface area (TPSA) is 99.3 Å². The number of hydrogen-bond acceptors (Lipinski definition) is 3. The van der Waals surface area contributed by atoms with E-state index in [2.05, 4.69) is 21.3 Å². The van der Waals surface area contributed by atoms with Gasteiger partial charge in [0.1, 0.15) is 6.04 Å². The minimum absolute atomic E-state index is 0.0968. The summed E-state index contributed by atoms with van der Waals surface area (Å²) in [6, 6.07) is 16.7. The Balaban J connectivity index is 1.77. The zero-order chi connectivity index (χ0) is 20.4. The molecule has 0 saturated heterocycles. The first-order chi connectivity index (χ1) is 13.5. The van der Waals surface area contributed by atoms with E-state index in [-0.39, 0.29) is 24.3 Å². The molecule has 0 aromatic heterocycles. The summed E-state index contributed by atoms with van der Waals surface area (Å²) >= 11 is 0. The predicted octanol–water partition coefficient (Wildman–Crippen LogP) is 2.38. The number of carbonyl (C=O) groups is 3. The summed E-state index contributed by atoms with van der Waals surface area (Å²) in [4.78, 5) is 36.5. The number of anilines is 1. The molecule has 0 saturated carbocycles. The standard InChI is InChI=1S/C21H26N4O3/c1-15(2)18(25-21(28)24-17-11-7-4-8-12-17)20(27)23-14-13-22-19(26)16-9-5-3-6-10-16/h3-12,15,18H,13-14H2,1-2H3,(H,22,26)(H,23,27)(H2,24,25,28). The third-order valence-corrected chi connectivity index (χ3v) is 4.01. The average molecular weight is 382 g/mol. The minimum atomic E-state index is -0.687. The molecular formula is C21H26N4O3. The van der Waals surface area contributed by atoms with E-state index in [1.807, 2.05) is 38.1 Å². The summed E-state index contributed by atoms with van der Waals surface area (Å²) in [5, 5.41) is 10.9. The lowest BCUT2D eigenvalue weighted by Crippen LogP contribution is -2.51. The van der Waals surface area contributed by atoms with E-state index in [0.29, 0.717) is 17.8 Å². The molecule has 7 heteroatoms. The van der Waals surface area contributed by atoms with E-state index in [0.717, 1.165) is 0 Å². The van der Waals surface area contributed by atoms with Crippen LogP contribution in [-0.2, 0) is 4.79 Å². The van der Waals surface area contributed by atoms with E-state index in [9.17, 15) is 14.4 Å². The summed E-state index contributed by atoms with van der Waals surface area (Å²) in [7, 11) is 0. The summed E-state index contributed by atoms with van der Waals surface area (Å²) in [6.45, 7) is 4.26. The van der Waals surface area contributed by atoms with E-state index in [1.165, 1.54) is 0 Å². The van der Waals surface area contributed by atoms with E-state index < -0.39 is 12.1 Å². The fourth-order valence-corrected chi connectivity index (χ4v) is 2.53. The number of carbonyl (C=O) groups excluding carboxylic acids is 3. The van der Waals surface area contributed by atoms with Crippen molar-refractivity contribution in [2.24, 2.45) is 5.92 Å². The zero-order valence-corrected chi connectivity index (χ0v) is 16.1. The van der Waals surface area contributed by atoms with Gasteiger partial charge in [-0.15, -0.1) is 0 Å². The normalized spacial score (nSPS) is 11.4. The molecule has 4 N–H and O–H groups in total. The molecule has 0 aliphatic rings. The van der Waals surface area contributed by atoms with Crippen LogP contribution in [0.25, 0.3) is 0 Å². The zero-order valence-electron chi connectivity index (χ0n) is 16.1. The van der Waals surface area contributed by atoms with Gasteiger partial charge in [-0.05, 0) is 30.2 Å². The van der Waals surface area contributed by atoms with Crippen molar-refractivity contribution in [1.82, 2.24) is 16.0 Å². The Morgan fingerprint density at radius 1 is 0.821 bits per heavy atom. The highest BCUT2D eigenvalue weighted by atomic mass is 16.2. The quantitative estimate of drug-likeness (QED) is 0.528. The second-order valence-electron chi connectivity index (χ2n) is 6.60. The van der Waals surface area contributed by atoms with Gasteiger partial charge in [-0.3, -0.25) is 9.59 Å². The Kier molecular flexibility index (Phi) is 8.02. The highest BCUT2D eigenvalue weighted by Gasteiger charge is 2.23. The van der Waals surface area contributed by atoms with Crippen molar-refractivity contribution >= 4 is 23.5 Å². The van der Waals surface area contributed by atoms with Gasteiger partial charge in [-0.25, -0.2) is 4.79 Å². The van der Waals surface area contributed by atoms with Crippen LogP contribution in [0.4, 0.5) is 10.5 Å². The lowest BCUT2D eigenvalue weighted by Gasteiger charge is -2.22. The maximum absolute atomic E-state index is 12.4. The molecule has 2 rings (SSSR count). The summed E-state index contributed by atoms with van der Waals surface area (Å²) in [6.07, 6.45) is 0. The van der Waals surface area contributed by atoms with E-state index in [1.54, 1.807) is 36.4 Å². The van der Waals surface area contributed by atoms with Gasteiger partial charge in [0, 0.05) is 24.3 Å². The Morgan fingerprint density at radius 3 is 2.00 bits per heavy atom. The number of para-hydroxylation sites is 1. The molecule has 0 fully saturated rings. The van der Waals surface area contributed by atoms with Crippen LogP contribution in [0.3, 0.4) is 0 Å². The number of amides is 4. The van der Waals surface area contributed by atoms with Crippen molar-refractivity contribution in [3.05, 3.63) is 66.2 Å². The van der Waals surface area contributed by atoms with Crippen LogP contribution >= 0.6 is 0 Å². The molecule has 0 spiro atoms. The third kappa shape index (κ3) is 6.75. The lowest BCUT2D eigenvalue weighted by molar-refractivity contribution is -0.123. The Bertz CT molecular complexity index is 779. The van der Waals surface area contributed by atoms with Crippen LogP contribution < -0.4 is 21.3 Å². The maximum atomic E-state index is 12.4. The molecule has 1 atom stereocenters. The van der Waals surface area contributed by atoms with E-state index in [4.69, 9.17) is 0 Å². The highest BCUT2D eigenvalue weighted by molar-refractivity contribution is 5.94. The molecule has 4 amide bonds. The molecule has 0 bridgehead atoms. The number of nitrogens with one attached hydrogen (secondary N) is 4. The SMILES string of the molecule is CC(C)C(NC(=O)Nc1ccccc1)C(=O)NCCNC(=O)c1ccccc1. The monoisotopic (exact) mass is 382 g/mol. The average Bonchev–Trinajstić information content (AvgIpc) is 2.70. The fraction of sp³-hybridized carbons (Fsp3) is 0.286. The van der Waals surface area contributed by atoms with Crippen molar-refractivity contribution in [2.45, 2.75) is 19.9 Å². The molecule has 0 radical (unpaired) electrons. The Morgan fingerprint density at radius 2 is 1.39 bits per heavy atom. The number of urea groups is 1. The summed E-state index contributed by atoms with van der Waals surface area (Å²) in [5.74, 6) is -0.594. The fourth-order valence-electron chi connectivity index (χ4n) is 2.53. The lowest BCUT2D eigenvalue weighted by atomic mass is 10.0. The van der Waals surface area contributed by atoms with Crippen LogP contribution in [0.5, 0.6) is 0 Å². The number of rotatable bonds is 8. The van der Waals surface area contributed by atoms with Gasteiger partial charge >= 0.3 is 6.03 Å². The van der Waals surface area contributed by atoms with Gasteiger partial charge in [-0.1, -0.05) is 50.2 Å². The van der Waals surface area contributed by atoms with Crippen molar-refractivity contribution in [1.29, 1.82) is 0 Å². The van der Waals surface area contributed by atoms with E-state index >= 15 is 0 Å². The van der Waals surface area contributed by atoms with Crippen molar-refractivity contribution < 1.29 is 14.4 Å². The van der Waals surface area contributed by atoms with Gasteiger partial charge < -0.3 is 21.3 Å². The molecule has 2 aromatic rings. The second kappa shape index (κ2) is 10.7. The molecule has 0 heterocycles. The summed E-state index contributed by atoms with van der Waals surface area (Å²) in [5.41, 5.74) is 1.21. The molecular weight excluding hydrogens is 356 g/mol. The molecule has 2 aromatic carbocycles. The van der Waals surface area contributed by atoms with Crippen molar-refractivity contribution in [3.8, 4) is 0 Å². The molecule has 28 heavy (non-hydrogen) atoms. The largest absolute Gasteiger partial charge is 0.353 e. The first-order valence-electron chi connectivity index (χ1n) is 9.21. The number of benzene rings is 2. The van der Waals surface area contributed by atoms with Crippen LogP contribution in [0.1, 0.15) is 24.2 Å². The smallest absolute Gasteiger partial charge is 0.319 e. The second-order valence-corrected chi connectivity index (χ2v) is 6.60. The van der Waals surface area contributed by atoms with Gasteiger partial charge in [-0.2, -0.15) is 0 Å². The molecule has 7 nitrogen and oxygen atoms in total. The van der Waals surface area contributed by atoms with Crippen LogP contribution in [0.2, 0.25) is 0 Å². The van der Waals surface area contributed by atoms with Gasteiger partial charge in [0.25, 0.3) is 5.91 Å². The first kappa shape index (κ1) is 21.0. The van der Waals surface area contributed by atoms with Crippen LogP contribution in [-0.4, -0.2) is 37.0 Å². The Hall–Kier alpha value is -3.35. The third-order valence-electron chi connectivity index (χ3n) is 4.01. The van der Waals surface area contributed by atoms with Gasteiger partial charge in [0.15, 0.2) is 0 Å². The molecule has 148 valence electrons. The summed E-state index contributed by atoms with van der Waals surface area (Å²) < 4.78 is 0. The minimum Gasteiger partial charge on any atom is -0.353 e. The highest BCUT2D eigenvalue weighted by Crippen LogP contribution is 2.06. The number of hydrogen-bond donors (Lipinski definition) is 4. The van der Waals surface area contributed by atoms with Crippen molar-refractivity contribution in [3.63, 3.8) is 0 Å². The molecule has 0 aliphatic heterocycles.